The Morgan fingerprint density at radius 3 is 2.50 bits per heavy atom. The SMILES string of the molecule is Cc1ccc(C)c(C(=O)Nc2ccc(C)c(N3CCCC3=O)c2)c1. The standard InChI is InChI=1S/C20H22N2O2/c1-13-6-7-14(2)17(11-13)20(24)21-16-9-8-15(3)18(12-16)22-10-4-5-19(22)23/h6-9,11-12H,4-5,10H2,1-3H3,(H,21,24). The van der Waals surface area contributed by atoms with Crippen LogP contribution in [0.25, 0.3) is 0 Å². The van der Waals surface area contributed by atoms with Gasteiger partial charge in [-0.25, -0.2) is 0 Å². The molecular formula is C20H22N2O2. The summed E-state index contributed by atoms with van der Waals surface area (Å²) in [7, 11) is 0. The highest BCUT2D eigenvalue weighted by molar-refractivity contribution is 6.06. The van der Waals surface area contributed by atoms with Crippen molar-refractivity contribution in [2.75, 3.05) is 16.8 Å². The van der Waals surface area contributed by atoms with E-state index in [1.165, 1.54) is 0 Å². The van der Waals surface area contributed by atoms with E-state index in [9.17, 15) is 9.59 Å². The monoisotopic (exact) mass is 322 g/mol. The van der Waals surface area contributed by atoms with Crippen molar-refractivity contribution in [3.05, 3.63) is 58.7 Å². The van der Waals surface area contributed by atoms with E-state index in [2.05, 4.69) is 5.32 Å². The molecule has 124 valence electrons. The smallest absolute Gasteiger partial charge is 0.255 e. The van der Waals surface area contributed by atoms with Crippen LogP contribution in [0.2, 0.25) is 0 Å². The lowest BCUT2D eigenvalue weighted by molar-refractivity contribution is -0.117. The highest BCUT2D eigenvalue weighted by Crippen LogP contribution is 2.28. The fourth-order valence-corrected chi connectivity index (χ4v) is 3.06. The number of benzene rings is 2. The van der Waals surface area contributed by atoms with Gasteiger partial charge in [0.25, 0.3) is 5.91 Å². The maximum Gasteiger partial charge on any atom is 0.255 e. The van der Waals surface area contributed by atoms with Gasteiger partial charge in [-0.15, -0.1) is 0 Å². The van der Waals surface area contributed by atoms with Crippen molar-refractivity contribution >= 4 is 23.2 Å². The maximum absolute atomic E-state index is 12.6. The first-order valence-electron chi connectivity index (χ1n) is 8.25. The van der Waals surface area contributed by atoms with Crippen LogP contribution in [0.4, 0.5) is 11.4 Å². The number of amides is 2. The minimum absolute atomic E-state index is 0.126. The highest BCUT2D eigenvalue weighted by atomic mass is 16.2. The van der Waals surface area contributed by atoms with E-state index in [0.29, 0.717) is 17.7 Å². The Bertz CT molecular complexity index is 811. The van der Waals surface area contributed by atoms with Crippen LogP contribution in [0.5, 0.6) is 0 Å². The zero-order valence-corrected chi connectivity index (χ0v) is 14.3. The third-order valence-corrected chi connectivity index (χ3v) is 4.47. The molecule has 0 saturated carbocycles. The molecule has 2 aromatic carbocycles. The van der Waals surface area contributed by atoms with Gasteiger partial charge >= 0.3 is 0 Å². The molecule has 0 atom stereocenters. The number of hydrogen-bond acceptors (Lipinski definition) is 2. The molecule has 3 rings (SSSR count). The molecule has 1 aliphatic rings. The molecule has 0 radical (unpaired) electrons. The average molecular weight is 322 g/mol. The number of carbonyl (C=O) groups is 2. The Labute approximate surface area is 142 Å². The third kappa shape index (κ3) is 3.18. The Kier molecular flexibility index (Phi) is 4.38. The van der Waals surface area contributed by atoms with Crippen LogP contribution in [-0.4, -0.2) is 18.4 Å². The van der Waals surface area contributed by atoms with Crippen LogP contribution in [0.15, 0.2) is 36.4 Å². The predicted molar refractivity (Wildman–Crippen MR) is 96.6 cm³/mol. The fraction of sp³-hybridized carbons (Fsp3) is 0.300. The van der Waals surface area contributed by atoms with Gasteiger partial charge in [0, 0.05) is 29.9 Å². The molecule has 1 heterocycles. The van der Waals surface area contributed by atoms with Gasteiger partial charge < -0.3 is 10.2 Å². The van der Waals surface area contributed by atoms with E-state index in [-0.39, 0.29) is 11.8 Å². The number of carbonyl (C=O) groups excluding carboxylic acids is 2. The molecule has 0 aromatic heterocycles. The van der Waals surface area contributed by atoms with E-state index in [1.807, 2.05) is 62.1 Å². The minimum Gasteiger partial charge on any atom is -0.322 e. The molecule has 0 spiro atoms. The van der Waals surface area contributed by atoms with Crippen molar-refractivity contribution in [1.29, 1.82) is 0 Å². The van der Waals surface area contributed by atoms with Gasteiger partial charge in [0.2, 0.25) is 5.91 Å². The second kappa shape index (κ2) is 6.48. The zero-order valence-electron chi connectivity index (χ0n) is 14.3. The number of nitrogens with zero attached hydrogens (tertiary/aromatic N) is 1. The molecule has 0 aliphatic carbocycles. The lowest BCUT2D eigenvalue weighted by Gasteiger charge is -2.19. The second-order valence-electron chi connectivity index (χ2n) is 6.42. The lowest BCUT2D eigenvalue weighted by atomic mass is 10.0. The Balaban J connectivity index is 1.86. The summed E-state index contributed by atoms with van der Waals surface area (Å²) in [6.07, 6.45) is 1.48. The largest absolute Gasteiger partial charge is 0.322 e. The van der Waals surface area contributed by atoms with Crippen molar-refractivity contribution < 1.29 is 9.59 Å². The summed E-state index contributed by atoms with van der Waals surface area (Å²) in [5.74, 6) is 0.0230. The van der Waals surface area contributed by atoms with Crippen LogP contribution in [-0.2, 0) is 4.79 Å². The van der Waals surface area contributed by atoms with Gasteiger partial charge in [-0.3, -0.25) is 9.59 Å². The molecule has 1 fully saturated rings. The van der Waals surface area contributed by atoms with E-state index in [1.54, 1.807) is 0 Å². The molecule has 2 aromatic rings. The van der Waals surface area contributed by atoms with Gasteiger partial charge in [0.05, 0.1) is 0 Å². The first kappa shape index (κ1) is 16.2. The van der Waals surface area contributed by atoms with Gasteiger partial charge in [0.15, 0.2) is 0 Å². The number of rotatable bonds is 3. The van der Waals surface area contributed by atoms with Crippen molar-refractivity contribution in [1.82, 2.24) is 0 Å². The lowest BCUT2D eigenvalue weighted by Crippen LogP contribution is -2.24. The van der Waals surface area contributed by atoms with E-state index in [0.717, 1.165) is 35.3 Å². The first-order valence-corrected chi connectivity index (χ1v) is 8.25. The quantitative estimate of drug-likeness (QED) is 0.929. The van der Waals surface area contributed by atoms with Crippen molar-refractivity contribution in [3.63, 3.8) is 0 Å². The summed E-state index contributed by atoms with van der Waals surface area (Å²) >= 11 is 0. The molecule has 0 unspecified atom stereocenters. The third-order valence-electron chi connectivity index (χ3n) is 4.47. The van der Waals surface area contributed by atoms with Crippen LogP contribution in [0.1, 0.15) is 39.9 Å². The molecule has 2 amide bonds. The van der Waals surface area contributed by atoms with Gasteiger partial charge in [-0.1, -0.05) is 23.8 Å². The topological polar surface area (TPSA) is 49.4 Å². The summed E-state index contributed by atoms with van der Waals surface area (Å²) in [5.41, 5.74) is 5.31. The molecule has 4 nitrogen and oxygen atoms in total. The fourth-order valence-electron chi connectivity index (χ4n) is 3.06. The second-order valence-corrected chi connectivity index (χ2v) is 6.42. The summed E-state index contributed by atoms with van der Waals surface area (Å²) < 4.78 is 0. The van der Waals surface area contributed by atoms with Crippen molar-refractivity contribution in [3.8, 4) is 0 Å². The molecule has 1 aliphatic heterocycles. The number of aryl methyl sites for hydroxylation is 3. The van der Waals surface area contributed by atoms with E-state index in [4.69, 9.17) is 0 Å². The van der Waals surface area contributed by atoms with E-state index < -0.39 is 0 Å². The summed E-state index contributed by atoms with van der Waals surface area (Å²) in [5, 5.41) is 2.96. The molecule has 0 bridgehead atoms. The summed E-state index contributed by atoms with van der Waals surface area (Å²) in [6.45, 7) is 6.63. The summed E-state index contributed by atoms with van der Waals surface area (Å²) in [6, 6.07) is 11.6. The molecule has 1 N–H and O–H groups in total. The average Bonchev–Trinajstić information content (AvgIpc) is 2.97. The Morgan fingerprint density at radius 2 is 1.79 bits per heavy atom. The normalized spacial score (nSPS) is 14.1. The number of nitrogens with one attached hydrogen (secondary N) is 1. The van der Waals surface area contributed by atoms with Crippen LogP contribution >= 0.6 is 0 Å². The molecule has 24 heavy (non-hydrogen) atoms. The Morgan fingerprint density at radius 1 is 1.04 bits per heavy atom. The Hall–Kier alpha value is -2.62. The van der Waals surface area contributed by atoms with Crippen LogP contribution < -0.4 is 10.2 Å². The van der Waals surface area contributed by atoms with Crippen LogP contribution in [0, 0.1) is 20.8 Å². The molecule has 4 heteroatoms. The first-order chi connectivity index (χ1) is 11.5. The number of hydrogen-bond donors (Lipinski definition) is 1. The summed E-state index contributed by atoms with van der Waals surface area (Å²) in [4.78, 5) is 26.4. The van der Waals surface area contributed by atoms with Gasteiger partial charge in [-0.2, -0.15) is 0 Å². The van der Waals surface area contributed by atoms with E-state index >= 15 is 0 Å². The van der Waals surface area contributed by atoms with Crippen LogP contribution in [0.3, 0.4) is 0 Å². The maximum atomic E-state index is 12.6. The van der Waals surface area contributed by atoms with Gasteiger partial charge in [-0.05, 0) is 56.5 Å². The van der Waals surface area contributed by atoms with Crippen molar-refractivity contribution in [2.45, 2.75) is 33.6 Å². The predicted octanol–water partition coefficient (Wildman–Crippen LogP) is 3.99. The zero-order chi connectivity index (χ0) is 17.3. The van der Waals surface area contributed by atoms with Crippen molar-refractivity contribution in [2.24, 2.45) is 0 Å². The number of anilines is 2. The minimum atomic E-state index is -0.126. The van der Waals surface area contributed by atoms with Gasteiger partial charge in [0.1, 0.15) is 0 Å². The molecule has 1 saturated heterocycles. The molecular weight excluding hydrogens is 300 g/mol. The highest BCUT2D eigenvalue weighted by Gasteiger charge is 2.23.